The summed E-state index contributed by atoms with van der Waals surface area (Å²) < 4.78 is 0. The predicted octanol–water partition coefficient (Wildman–Crippen LogP) is 3.28. The molecule has 1 aliphatic carbocycles. The minimum Gasteiger partial charge on any atom is -0.361 e. The summed E-state index contributed by atoms with van der Waals surface area (Å²) >= 11 is 1.77. The molecule has 0 unspecified atom stereocenters. The summed E-state index contributed by atoms with van der Waals surface area (Å²) in [6.45, 7) is 2.82. The number of amides is 1. The van der Waals surface area contributed by atoms with Gasteiger partial charge >= 0.3 is 0 Å². The molecular weight excluding hydrogens is 280 g/mol. The predicted molar refractivity (Wildman–Crippen MR) is 89.8 cm³/mol. The van der Waals surface area contributed by atoms with Gasteiger partial charge in [-0.1, -0.05) is 18.2 Å². The van der Waals surface area contributed by atoms with Gasteiger partial charge in [0.25, 0.3) is 0 Å². The molecule has 3 rings (SSSR count). The van der Waals surface area contributed by atoms with Gasteiger partial charge in [0.1, 0.15) is 0 Å². The number of carbonyl (C=O) groups excluding carboxylic acids is 1. The number of benzene rings is 1. The van der Waals surface area contributed by atoms with Crippen LogP contribution in [0, 0.1) is 12.8 Å². The summed E-state index contributed by atoms with van der Waals surface area (Å²) in [6, 6.07) is 6.34. The standard InChI is InChI=1S/C17H22N2OS/c1-12-3-2-4-15-14(9-19-17(12)15)7-8-18-16(20)11-21-10-13-5-6-13/h2-4,9,13,19H,5-8,10-11H2,1H3,(H,18,20). The van der Waals surface area contributed by atoms with Crippen LogP contribution < -0.4 is 5.32 Å². The number of carbonyl (C=O) groups is 1. The lowest BCUT2D eigenvalue weighted by Gasteiger charge is -2.05. The molecule has 112 valence electrons. The van der Waals surface area contributed by atoms with Crippen molar-refractivity contribution in [1.82, 2.24) is 10.3 Å². The number of fused-ring (bicyclic) bond motifs is 1. The lowest BCUT2D eigenvalue weighted by molar-refractivity contribution is -0.118. The van der Waals surface area contributed by atoms with Crippen LogP contribution in [-0.4, -0.2) is 28.9 Å². The molecule has 2 aromatic rings. The number of aryl methyl sites for hydroxylation is 1. The number of aromatic nitrogens is 1. The Bertz CT molecular complexity index is 631. The summed E-state index contributed by atoms with van der Waals surface area (Å²) in [4.78, 5) is 15.1. The monoisotopic (exact) mass is 302 g/mol. The van der Waals surface area contributed by atoms with E-state index in [1.807, 2.05) is 0 Å². The number of thioether (sulfide) groups is 1. The lowest BCUT2D eigenvalue weighted by atomic mass is 10.1. The maximum absolute atomic E-state index is 11.8. The number of aromatic amines is 1. The maximum Gasteiger partial charge on any atom is 0.230 e. The number of rotatable bonds is 7. The first-order valence-corrected chi connectivity index (χ1v) is 8.79. The van der Waals surface area contributed by atoms with Crippen molar-refractivity contribution in [2.24, 2.45) is 5.92 Å². The highest BCUT2D eigenvalue weighted by atomic mass is 32.2. The minimum atomic E-state index is 0.164. The largest absolute Gasteiger partial charge is 0.361 e. The molecule has 0 bridgehead atoms. The van der Waals surface area contributed by atoms with E-state index >= 15 is 0 Å². The van der Waals surface area contributed by atoms with Crippen molar-refractivity contribution in [3.8, 4) is 0 Å². The first-order chi connectivity index (χ1) is 10.2. The molecule has 0 atom stereocenters. The van der Waals surface area contributed by atoms with E-state index in [-0.39, 0.29) is 5.91 Å². The maximum atomic E-state index is 11.8. The summed E-state index contributed by atoms with van der Waals surface area (Å²) in [5, 5.41) is 4.29. The highest BCUT2D eigenvalue weighted by Crippen LogP contribution is 2.32. The van der Waals surface area contributed by atoms with Crippen molar-refractivity contribution in [3.05, 3.63) is 35.5 Å². The third-order valence-electron chi connectivity index (χ3n) is 4.01. The summed E-state index contributed by atoms with van der Waals surface area (Å²) in [5.74, 6) is 2.80. The van der Waals surface area contributed by atoms with Crippen LogP contribution in [-0.2, 0) is 11.2 Å². The SMILES string of the molecule is Cc1cccc2c(CCNC(=O)CSCC3CC3)c[nH]c12. The Labute approximate surface area is 129 Å². The van der Waals surface area contributed by atoms with Gasteiger partial charge < -0.3 is 10.3 Å². The molecule has 4 heteroatoms. The Morgan fingerprint density at radius 3 is 3.10 bits per heavy atom. The number of para-hydroxylation sites is 1. The summed E-state index contributed by atoms with van der Waals surface area (Å²) in [6.07, 6.45) is 5.65. The molecule has 1 fully saturated rings. The normalized spacial score (nSPS) is 14.5. The fourth-order valence-electron chi connectivity index (χ4n) is 2.56. The quantitative estimate of drug-likeness (QED) is 0.824. The zero-order chi connectivity index (χ0) is 14.7. The molecule has 0 spiro atoms. The summed E-state index contributed by atoms with van der Waals surface area (Å²) in [7, 11) is 0. The molecule has 1 saturated carbocycles. The van der Waals surface area contributed by atoms with E-state index in [1.54, 1.807) is 11.8 Å². The average Bonchev–Trinajstić information content (AvgIpc) is 3.19. The van der Waals surface area contributed by atoms with Gasteiger partial charge in [-0.3, -0.25) is 4.79 Å². The molecule has 1 heterocycles. The molecule has 0 radical (unpaired) electrons. The van der Waals surface area contributed by atoms with Crippen LogP contribution in [0.25, 0.3) is 10.9 Å². The van der Waals surface area contributed by atoms with Crippen LogP contribution in [0.2, 0.25) is 0 Å². The Morgan fingerprint density at radius 1 is 1.43 bits per heavy atom. The van der Waals surface area contributed by atoms with Crippen molar-refractivity contribution in [2.75, 3.05) is 18.1 Å². The first-order valence-electron chi connectivity index (χ1n) is 7.64. The zero-order valence-electron chi connectivity index (χ0n) is 12.4. The average molecular weight is 302 g/mol. The van der Waals surface area contributed by atoms with Crippen LogP contribution >= 0.6 is 11.8 Å². The van der Waals surface area contributed by atoms with Crippen LogP contribution in [0.5, 0.6) is 0 Å². The Morgan fingerprint density at radius 2 is 2.29 bits per heavy atom. The van der Waals surface area contributed by atoms with Crippen LogP contribution in [0.15, 0.2) is 24.4 Å². The van der Waals surface area contributed by atoms with Gasteiger partial charge in [-0.05, 0) is 49.0 Å². The van der Waals surface area contributed by atoms with Crippen molar-refractivity contribution in [1.29, 1.82) is 0 Å². The van der Waals surface area contributed by atoms with Crippen molar-refractivity contribution < 1.29 is 4.79 Å². The van der Waals surface area contributed by atoms with E-state index in [2.05, 4.69) is 41.6 Å². The minimum absolute atomic E-state index is 0.164. The molecule has 1 aliphatic rings. The lowest BCUT2D eigenvalue weighted by Crippen LogP contribution is -2.27. The second-order valence-electron chi connectivity index (χ2n) is 5.87. The fraction of sp³-hybridized carbons (Fsp3) is 0.471. The molecule has 2 N–H and O–H groups in total. The van der Waals surface area contributed by atoms with E-state index in [0.29, 0.717) is 12.3 Å². The van der Waals surface area contributed by atoms with Crippen LogP contribution in [0.1, 0.15) is 24.0 Å². The molecule has 0 aliphatic heterocycles. The van der Waals surface area contributed by atoms with Gasteiger partial charge in [-0.25, -0.2) is 0 Å². The van der Waals surface area contributed by atoms with E-state index in [9.17, 15) is 4.79 Å². The third kappa shape index (κ3) is 3.82. The van der Waals surface area contributed by atoms with E-state index in [4.69, 9.17) is 0 Å². The third-order valence-corrected chi connectivity index (χ3v) is 5.18. The van der Waals surface area contributed by atoms with Gasteiger partial charge in [-0.2, -0.15) is 11.8 Å². The van der Waals surface area contributed by atoms with Gasteiger partial charge in [-0.15, -0.1) is 0 Å². The summed E-state index contributed by atoms with van der Waals surface area (Å²) in [5.41, 5.74) is 3.75. The van der Waals surface area contributed by atoms with E-state index in [1.165, 1.54) is 34.9 Å². The van der Waals surface area contributed by atoms with Crippen molar-refractivity contribution >= 4 is 28.6 Å². The fourth-order valence-corrected chi connectivity index (χ4v) is 3.63. The molecular formula is C17H22N2OS. The number of hydrogen-bond acceptors (Lipinski definition) is 2. The Kier molecular flexibility index (Phi) is 4.54. The number of hydrogen-bond donors (Lipinski definition) is 2. The van der Waals surface area contributed by atoms with Gasteiger partial charge in [0, 0.05) is 23.6 Å². The highest BCUT2D eigenvalue weighted by Gasteiger charge is 2.21. The van der Waals surface area contributed by atoms with Crippen LogP contribution in [0.3, 0.4) is 0 Å². The molecule has 3 nitrogen and oxygen atoms in total. The second kappa shape index (κ2) is 6.56. The van der Waals surface area contributed by atoms with Crippen molar-refractivity contribution in [3.63, 3.8) is 0 Å². The Balaban J connectivity index is 1.45. The molecule has 1 amide bonds. The van der Waals surface area contributed by atoms with Crippen molar-refractivity contribution in [2.45, 2.75) is 26.2 Å². The molecule has 0 saturated heterocycles. The van der Waals surface area contributed by atoms with E-state index < -0.39 is 0 Å². The number of nitrogens with one attached hydrogen (secondary N) is 2. The molecule has 1 aromatic heterocycles. The molecule has 1 aromatic carbocycles. The van der Waals surface area contributed by atoms with Gasteiger partial charge in [0.05, 0.1) is 5.75 Å². The molecule has 21 heavy (non-hydrogen) atoms. The van der Waals surface area contributed by atoms with E-state index in [0.717, 1.165) is 18.1 Å². The number of H-pyrrole nitrogens is 1. The van der Waals surface area contributed by atoms with Gasteiger partial charge in [0.15, 0.2) is 0 Å². The second-order valence-corrected chi connectivity index (χ2v) is 6.90. The smallest absolute Gasteiger partial charge is 0.230 e. The first kappa shape index (κ1) is 14.5. The zero-order valence-corrected chi connectivity index (χ0v) is 13.3. The Hall–Kier alpha value is -1.42. The van der Waals surface area contributed by atoms with Gasteiger partial charge in [0.2, 0.25) is 5.91 Å². The highest BCUT2D eigenvalue weighted by molar-refractivity contribution is 7.99. The topological polar surface area (TPSA) is 44.9 Å². The van der Waals surface area contributed by atoms with Crippen LogP contribution in [0.4, 0.5) is 0 Å².